The van der Waals surface area contributed by atoms with Crippen molar-refractivity contribution in [2.24, 2.45) is 5.41 Å². The number of carboxylic acid groups (broad SMARTS) is 1. The molecule has 4 aromatic heterocycles. The number of carbonyl (C=O) groups is 1. The molecular formula is C35H35F3N4O3S. The number of fused-ring (bicyclic) bond motifs is 1. The van der Waals surface area contributed by atoms with Crippen molar-refractivity contribution >= 4 is 28.8 Å². The Hall–Kier alpha value is -4.38. The second kappa shape index (κ2) is 12.8. The SMILES string of the molecule is CC(C)(C)Sc1c(CC(C)(C)C(=O)O)n(Cc2ccc(-c3ccc(C(F)(F)F)cn3)cc2)c2ncc(OCc3ccccn3)cc12. The topological polar surface area (TPSA) is 90.1 Å². The largest absolute Gasteiger partial charge is 0.486 e. The number of aromatic nitrogens is 4. The molecule has 0 atom stereocenters. The molecule has 1 aromatic carbocycles. The van der Waals surface area contributed by atoms with E-state index in [-0.39, 0.29) is 17.8 Å². The molecule has 1 N–H and O–H groups in total. The minimum Gasteiger partial charge on any atom is -0.486 e. The molecule has 0 aliphatic carbocycles. The average molecular weight is 649 g/mol. The molecule has 0 aliphatic rings. The summed E-state index contributed by atoms with van der Waals surface area (Å²) in [5.74, 6) is -0.333. The lowest BCUT2D eigenvalue weighted by molar-refractivity contribution is -0.147. The Balaban J connectivity index is 1.55. The summed E-state index contributed by atoms with van der Waals surface area (Å²) in [5.41, 5.74) is 2.49. The number of pyridine rings is 3. The Labute approximate surface area is 269 Å². The fourth-order valence-electron chi connectivity index (χ4n) is 4.90. The number of carboxylic acids is 1. The summed E-state index contributed by atoms with van der Waals surface area (Å²) in [6, 6.07) is 17.4. The van der Waals surface area contributed by atoms with Gasteiger partial charge in [-0.15, -0.1) is 11.8 Å². The highest BCUT2D eigenvalue weighted by Gasteiger charge is 2.33. The van der Waals surface area contributed by atoms with Crippen LogP contribution in [-0.2, 0) is 30.5 Å². The number of thioether (sulfide) groups is 1. The molecule has 240 valence electrons. The summed E-state index contributed by atoms with van der Waals surface area (Å²) in [5, 5.41) is 10.9. The van der Waals surface area contributed by atoms with Gasteiger partial charge in [-0.05, 0) is 49.7 Å². The van der Waals surface area contributed by atoms with Crippen molar-refractivity contribution < 1.29 is 27.8 Å². The molecule has 11 heteroatoms. The second-order valence-electron chi connectivity index (χ2n) is 12.7. The van der Waals surface area contributed by atoms with Gasteiger partial charge in [-0.25, -0.2) is 4.98 Å². The van der Waals surface area contributed by atoms with E-state index in [0.29, 0.717) is 29.2 Å². The number of rotatable bonds is 10. The fourth-order valence-corrected chi connectivity index (χ4v) is 6.07. The lowest BCUT2D eigenvalue weighted by atomic mass is 9.88. The van der Waals surface area contributed by atoms with Crippen LogP contribution in [0, 0.1) is 5.41 Å². The maximum Gasteiger partial charge on any atom is 0.417 e. The van der Waals surface area contributed by atoms with Gasteiger partial charge in [-0.2, -0.15) is 13.2 Å². The van der Waals surface area contributed by atoms with Crippen LogP contribution >= 0.6 is 11.8 Å². The van der Waals surface area contributed by atoms with Crippen molar-refractivity contribution in [2.75, 3.05) is 0 Å². The minimum atomic E-state index is -4.45. The molecule has 0 radical (unpaired) electrons. The Kier molecular flexibility index (Phi) is 9.17. The summed E-state index contributed by atoms with van der Waals surface area (Å²) in [6.45, 7) is 10.4. The van der Waals surface area contributed by atoms with E-state index in [2.05, 4.69) is 35.3 Å². The number of alkyl halides is 3. The van der Waals surface area contributed by atoms with Crippen LogP contribution < -0.4 is 4.74 Å². The smallest absolute Gasteiger partial charge is 0.417 e. The van der Waals surface area contributed by atoms with E-state index in [1.165, 1.54) is 6.07 Å². The van der Waals surface area contributed by atoms with Crippen LogP contribution in [-0.4, -0.2) is 35.3 Å². The van der Waals surface area contributed by atoms with Crippen molar-refractivity contribution in [3.8, 4) is 17.0 Å². The van der Waals surface area contributed by atoms with Crippen molar-refractivity contribution in [2.45, 2.75) is 70.0 Å². The molecule has 46 heavy (non-hydrogen) atoms. The van der Waals surface area contributed by atoms with Gasteiger partial charge in [-0.1, -0.05) is 51.1 Å². The zero-order valence-electron chi connectivity index (χ0n) is 26.2. The second-order valence-corrected chi connectivity index (χ2v) is 14.6. The first-order valence-electron chi connectivity index (χ1n) is 14.7. The van der Waals surface area contributed by atoms with E-state index in [1.807, 2.05) is 48.5 Å². The van der Waals surface area contributed by atoms with Gasteiger partial charge in [0, 0.05) is 51.6 Å². The number of ether oxygens (including phenoxy) is 1. The minimum absolute atomic E-state index is 0.192. The van der Waals surface area contributed by atoms with E-state index in [4.69, 9.17) is 9.72 Å². The highest BCUT2D eigenvalue weighted by molar-refractivity contribution is 8.00. The zero-order valence-corrected chi connectivity index (χ0v) is 27.0. The highest BCUT2D eigenvalue weighted by atomic mass is 32.2. The van der Waals surface area contributed by atoms with E-state index in [0.717, 1.165) is 39.5 Å². The first kappa shape index (κ1) is 33.0. The molecule has 0 aliphatic heterocycles. The number of hydrogen-bond acceptors (Lipinski definition) is 6. The van der Waals surface area contributed by atoms with Crippen molar-refractivity contribution in [3.63, 3.8) is 0 Å². The van der Waals surface area contributed by atoms with E-state index >= 15 is 0 Å². The van der Waals surface area contributed by atoms with Crippen molar-refractivity contribution in [1.82, 2.24) is 19.5 Å². The van der Waals surface area contributed by atoms with Crippen LogP contribution in [0.25, 0.3) is 22.3 Å². The lowest BCUT2D eigenvalue weighted by Crippen LogP contribution is -2.28. The van der Waals surface area contributed by atoms with Gasteiger partial charge < -0.3 is 14.4 Å². The van der Waals surface area contributed by atoms with E-state index in [1.54, 1.807) is 38.0 Å². The maximum atomic E-state index is 13.0. The zero-order chi connectivity index (χ0) is 33.3. The number of halogens is 3. The molecule has 0 saturated carbocycles. The lowest BCUT2D eigenvalue weighted by Gasteiger charge is -2.24. The Morgan fingerprint density at radius 3 is 2.26 bits per heavy atom. The van der Waals surface area contributed by atoms with Gasteiger partial charge in [0.1, 0.15) is 18.0 Å². The van der Waals surface area contributed by atoms with Crippen LogP contribution in [0.2, 0.25) is 0 Å². The van der Waals surface area contributed by atoms with Crippen LogP contribution in [0.5, 0.6) is 5.75 Å². The quantitative estimate of drug-likeness (QED) is 0.152. The number of aliphatic carboxylic acids is 1. The number of hydrogen-bond donors (Lipinski definition) is 1. The Morgan fingerprint density at radius 1 is 0.935 bits per heavy atom. The fraction of sp³-hybridized carbons (Fsp3) is 0.314. The summed E-state index contributed by atoms with van der Waals surface area (Å²) < 4.78 is 46.9. The normalized spacial score (nSPS) is 12.4. The van der Waals surface area contributed by atoms with Gasteiger partial charge in [-0.3, -0.25) is 14.8 Å². The molecule has 5 aromatic rings. The molecule has 0 unspecified atom stereocenters. The predicted octanol–water partition coefficient (Wildman–Crippen LogP) is 8.68. The van der Waals surface area contributed by atoms with Gasteiger partial charge in [0.25, 0.3) is 0 Å². The van der Waals surface area contributed by atoms with Gasteiger partial charge >= 0.3 is 12.1 Å². The Morgan fingerprint density at radius 2 is 1.67 bits per heavy atom. The van der Waals surface area contributed by atoms with Crippen LogP contribution in [0.4, 0.5) is 13.2 Å². The van der Waals surface area contributed by atoms with E-state index in [9.17, 15) is 23.1 Å². The van der Waals surface area contributed by atoms with Crippen molar-refractivity contribution in [1.29, 1.82) is 0 Å². The summed E-state index contributed by atoms with van der Waals surface area (Å²) >= 11 is 1.66. The summed E-state index contributed by atoms with van der Waals surface area (Å²) in [7, 11) is 0. The number of benzene rings is 1. The van der Waals surface area contributed by atoms with Gasteiger partial charge in [0.05, 0.1) is 28.6 Å². The van der Waals surface area contributed by atoms with Crippen LogP contribution in [0.3, 0.4) is 0 Å². The standard InChI is InChI=1S/C35H35F3N4O3S/c1-33(2,3)46-30-27-16-26(45-21-25-8-6-7-15-39-25)19-41-31(27)42(29(30)17-34(4,5)32(43)44)20-22-9-11-23(12-10-22)28-14-13-24(18-40-28)35(36,37)38/h6-16,18-19H,17,20-21H2,1-5H3,(H,43,44). The highest BCUT2D eigenvalue weighted by Crippen LogP contribution is 2.43. The first-order chi connectivity index (χ1) is 21.6. The molecular weight excluding hydrogens is 613 g/mol. The Bertz CT molecular complexity index is 1830. The number of nitrogens with zero attached hydrogens (tertiary/aromatic N) is 4. The molecule has 0 spiro atoms. The van der Waals surface area contributed by atoms with Crippen LogP contribution in [0.1, 0.15) is 57.1 Å². The maximum absolute atomic E-state index is 13.0. The van der Waals surface area contributed by atoms with E-state index < -0.39 is 23.1 Å². The summed E-state index contributed by atoms with van der Waals surface area (Å²) in [4.78, 5) is 26.4. The van der Waals surface area contributed by atoms with Crippen LogP contribution in [0.15, 0.2) is 84.1 Å². The third kappa shape index (κ3) is 7.70. The van der Waals surface area contributed by atoms with Gasteiger partial charge in [0.2, 0.25) is 0 Å². The van der Waals surface area contributed by atoms with Crippen molar-refractivity contribution in [3.05, 3.63) is 102 Å². The molecule has 0 fully saturated rings. The monoisotopic (exact) mass is 648 g/mol. The third-order valence-electron chi connectivity index (χ3n) is 7.32. The third-order valence-corrected chi connectivity index (χ3v) is 8.59. The summed E-state index contributed by atoms with van der Waals surface area (Å²) in [6.07, 6.45) is 0.0150. The predicted molar refractivity (Wildman–Crippen MR) is 173 cm³/mol. The van der Waals surface area contributed by atoms with Gasteiger partial charge in [0.15, 0.2) is 0 Å². The molecule has 0 amide bonds. The average Bonchev–Trinajstić information content (AvgIpc) is 3.25. The molecule has 0 bridgehead atoms. The first-order valence-corrected chi connectivity index (χ1v) is 15.5. The molecule has 4 heterocycles. The molecule has 7 nitrogen and oxygen atoms in total. The molecule has 0 saturated heterocycles. The molecule has 5 rings (SSSR count).